The number of fused-ring (bicyclic) bond motifs is 10. The molecule has 25 rings (SSSR count). The second-order valence-electron chi connectivity index (χ2n) is 33.1. The van der Waals surface area contributed by atoms with Crippen molar-refractivity contribution in [1.29, 1.82) is 0 Å². The van der Waals surface area contributed by atoms with Crippen molar-refractivity contribution >= 4 is 76.3 Å². The second-order valence-corrected chi connectivity index (χ2v) is 33.1. The van der Waals surface area contributed by atoms with Crippen LogP contribution in [0, 0.1) is 0 Å². The summed E-state index contributed by atoms with van der Waals surface area (Å²) in [6.07, 6.45) is 0. The number of para-hydroxylation sites is 3. The fourth-order valence-electron chi connectivity index (χ4n) is 18.4. The van der Waals surface area contributed by atoms with Gasteiger partial charge < -0.3 is 4.57 Å². The Kier molecular flexibility index (Phi) is 21.2. The standard InChI is InChI=1S/C45H30N4.C40H27N3.C38H25N3/c1-5-13-31(14-6-1)36-23-27-41-39(29-36)40-30-37(32-15-7-2-8-16-32)24-28-42(40)49(41)38-25-21-35(22-26-38)45-47-43(33-17-9-3-10-18-33)46-44(48-45)34-19-11-4-12-20-34;1-3-11-28(12-4-1)30-19-23-32(24-20-30)36-27-37(33-25-21-31(22-26-33)29-13-5-2-6-14-29)42-40(41-36)43-38-17-9-7-15-34(38)35-16-8-10-18-39(35)43;1-4-12-26(13-5-1)29-20-22-35-32(24-29)33-25-30(27-14-6-2-7-15-27)21-23-36(33)41(35)38-39-34-19-11-10-18-31(34)37(40-38)28-16-8-3-9-17-28/h1-30H;1-27H;1-25H. The van der Waals surface area contributed by atoms with E-state index in [1.54, 1.807) is 0 Å². The van der Waals surface area contributed by atoms with E-state index in [0.717, 1.165) is 100 Å². The third-order valence-electron chi connectivity index (χ3n) is 25.0. The van der Waals surface area contributed by atoms with Crippen LogP contribution in [0.4, 0.5) is 0 Å². The van der Waals surface area contributed by atoms with Gasteiger partial charge >= 0.3 is 0 Å². The van der Waals surface area contributed by atoms with Crippen molar-refractivity contribution in [3.8, 4) is 152 Å². The van der Waals surface area contributed by atoms with Gasteiger partial charge in [-0.1, -0.05) is 400 Å². The van der Waals surface area contributed by atoms with Gasteiger partial charge in [0.25, 0.3) is 0 Å². The molecule has 0 N–H and O–H groups in total. The van der Waals surface area contributed by atoms with Crippen molar-refractivity contribution in [3.63, 3.8) is 0 Å². The lowest BCUT2D eigenvalue weighted by molar-refractivity contribution is 0.995. The van der Waals surface area contributed by atoms with E-state index in [9.17, 15) is 0 Å². The molecule has 19 aromatic carbocycles. The van der Waals surface area contributed by atoms with Crippen LogP contribution in [0.15, 0.2) is 497 Å². The second kappa shape index (κ2) is 35.3. The summed E-state index contributed by atoms with van der Waals surface area (Å²) in [5, 5.41) is 8.21. The zero-order valence-corrected chi connectivity index (χ0v) is 72.3. The van der Waals surface area contributed by atoms with E-state index in [1.807, 2.05) is 84.9 Å². The van der Waals surface area contributed by atoms with Crippen molar-refractivity contribution in [2.45, 2.75) is 0 Å². The first kappa shape index (κ1) is 79.6. The molecule has 0 aliphatic carbocycles. The molecule has 0 saturated carbocycles. The van der Waals surface area contributed by atoms with Crippen LogP contribution >= 0.6 is 0 Å². The molecule has 0 aliphatic rings. The molecule has 6 heterocycles. The molecule has 0 bridgehead atoms. The van der Waals surface area contributed by atoms with Crippen LogP contribution in [0.2, 0.25) is 0 Å². The summed E-state index contributed by atoms with van der Waals surface area (Å²) in [4.78, 5) is 35.5. The predicted octanol–water partition coefficient (Wildman–Crippen LogP) is 31.3. The SMILES string of the molecule is c1ccc(-c2ccc(-c3cc(-c4ccc(-c5ccccc5)cc4)nc(-n4c5ccccc5c5ccccc54)n3)cc2)cc1.c1ccc(-c2ccc3c(c2)c2cc(-c4ccccc4)ccc2n3-c2ccc(-c3nc(-c4ccccc4)nc(-c4ccccc4)n3)cc2)cc1.c1ccc(-c2ccc3c(c2)c2cc(-c4ccccc4)ccc2n3-c2nc(-c3ccccc3)c3ccccc3n2)cc1. The number of rotatable bonds is 15. The van der Waals surface area contributed by atoms with Gasteiger partial charge in [-0.25, -0.2) is 34.9 Å². The molecule has 624 valence electrons. The van der Waals surface area contributed by atoms with Gasteiger partial charge in [-0.15, -0.1) is 0 Å². The van der Waals surface area contributed by atoms with E-state index in [-0.39, 0.29) is 0 Å². The largest absolute Gasteiger partial charge is 0.309 e. The van der Waals surface area contributed by atoms with Crippen molar-refractivity contribution < 1.29 is 0 Å². The summed E-state index contributed by atoms with van der Waals surface area (Å²) < 4.78 is 6.76. The molecule has 0 radical (unpaired) electrons. The zero-order valence-electron chi connectivity index (χ0n) is 72.3. The number of hydrogen-bond acceptors (Lipinski definition) is 7. The molecule has 0 amide bonds. The molecule has 133 heavy (non-hydrogen) atoms. The monoisotopic (exact) mass is 1700 g/mol. The van der Waals surface area contributed by atoms with Gasteiger partial charge in [0.2, 0.25) is 11.9 Å². The number of nitrogens with zero attached hydrogens (tertiary/aromatic N) is 10. The fraction of sp³-hybridized carbons (Fsp3) is 0. The Balaban J connectivity index is 0.000000113. The maximum Gasteiger partial charge on any atom is 0.235 e. The van der Waals surface area contributed by atoms with Gasteiger partial charge in [0.1, 0.15) is 0 Å². The first-order chi connectivity index (χ1) is 65.9. The minimum atomic E-state index is 0.640. The molecule has 0 fully saturated rings. The lowest BCUT2D eigenvalue weighted by Crippen LogP contribution is -2.04. The third kappa shape index (κ3) is 15.8. The van der Waals surface area contributed by atoms with Crippen molar-refractivity contribution in [3.05, 3.63) is 497 Å². The van der Waals surface area contributed by atoms with E-state index < -0.39 is 0 Å². The van der Waals surface area contributed by atoms with Crippen molar-refractivity contribution in [1.82, 2.24) is 48.6 Å². The van der Waals surface area contributed by atoms with Crippen LogP contribution < -0.4 is 0 Å². The lowest BCUT2D eigenvalue weighted by atomic mass is 10.0. The van der Waals surface area contributed by atoms with Crippen LogP contribution in [0.1, 0.15) is 0 Å². The van der Waals surface area contributed by atoms with Crippen LogP contribution in [0.3, 0.4) is 0 Å². The Morgan fingerprint density at radius 1 is 0.135 bits per heavy atom. The molecule has 0 aliphatic heterocycles. The van der Waals surface area contributed by atoms with E-state index in [2.05, 4.69) is 426 Å². The summed E-state index contributed by atoms with van der Waals surface area (Å²) in [6, 6.07) is 174. The molecule has 10 heteroatoms. The number of benzene rings is 19. The highest BCUT2D eigenvalue weighted by Gasteiger charge is 2.23. The highest BCUT2D eigenvalue weighted by molar-refractivity contribution is 6.14. The van der Waals surface area contributed by atoms with Gasteiger partial charge in [0.05, 0.1) is 55.7 Å². The topological polar surface area (TPSA) is 105 Å². The number of aromatic nitrogens is 10. The zero-order chi connectivity index (χ0) is 88.3. The molecule has 25 aromatic rings. The Morgan fingerprint density at radius 3 is 0.729 bits per heavy atom. The van der Waals surface area contributed by atoms with Crippen LogP contribution in [0.5, 0.6) is 0 Å². The third-order valence-corrected chi connectivity index (χ3v) is 25.0. The minimum Gasteiger partial charge on any atom is -0.309 e. The first-order valence-corrected chi connectivity index (χ1v) is 44.8. The summed E-state index contributed by atoms with van der Waals surface area (Å²) in [5.74, 6) is 3.27. The molecule has 0 atom stereocenters. The lowest BCUT2D eigenvalue weighted by Gasteiger charge is -2.12. The quantitative estimate of drug-likeness (QED) is 0.101. The van der Waals surface area contributed by atoms with E-state index >= 15 is 0 Å². The molecule has 0 saturated heterocycles. The van der Waals surface area contributed by atoms with Crippen LogP contribution in [0.25, 0.3) is 229 Å². The first-order valence-electron chi connectivity index (χ1n) is 44.8. The molecular formula is C123H82N10. The summed E-state index contributed by atoms with van der Waals surface area (Å²) in [6.45, 7) is 0. The summed E-state index contributed by atoms with van der Waals surface area (Å²) in [5.41, 5.74) is 31.7. The van der Waals surface area contributed by atoms with E-state index in [1.165, 1.54) is 99.1 Å². The summed E-state index contributed by atoms with van der Waals surface area (Å²) in [7, 11) is 0. The maximum atomic E-state index is 5.23. The van der Waals surface area contributed by atoms with Gasteiger partial charge in [0.15, 0.2) is 17.5 Å². The smallest absolute Gasteiger partial charge is 0.235 e. The molecular weight excluding hydrogens is 1620 g/mol. The molecule has 0 spiro atoms. The molecule has 6 aromatic heterocycles. The van der Waals surface area contributed by atoms with Crippen LogP contribution in [-0.2, 0) is 0 Å². The average Bonchev–Trinajstić information content (AvgIpc) is 1.59. The Hall–Kier alpha value is -18.0. The van der Waals surface area contributed by atoms with Gasteiger partial charge in [-0.3, -0.25) is 9.13 Å². The van der Waals surface area contributed by atoms with E-state index in [4.69, 9.17) is 34.9 Å². The Bertz CT molecular complexity index is 8130. The van der Waals surface area contributed by atoms with Gasteiger partial charge in [0, 0.05) is 76.8 Å². The molecule has 0 unspecified atom stereocenters. The fourth-order valence-corrected chi connectivity index (χ4v) is 18.4. The number of hydrogen-bond donors (Lipinski definition) is 0. The summed E-state index contributed by atoms with van der Waals surface area (Å²) >= 11 is 0. The van der Waals surface area contributed by atoms with Crippen molar-refractivity contribution in [2.75, 3.05) is 0 Å². The Morgan fingerprint density at radius 2 is 0.376 bits per heavy atom. The van der Waals surface area contributed by atoms with Gasteiger partial charge in [-0.05, 0) is 164 Å². The van der Waals surface area contributed by atoms with Crippen molar-refractivity contribution in [2.24, 2.45) is 0 Å². The molecule has 10 nitrogen and oxygen atoms in total. The highest BCUT2D eigenvalue weighted by atomic mass is 15.2. The maximum absolute atomic E-state index is 5.23. The normalized spacial score (nSPS) is 11.3. The minimum absolute atomic E-state index is 0.640. The highest BCUT2D eigenvalue weighted by Crippen LogP contribution is 2.43. The average molecular weight is 1700 g/mol. The van der Waals surface area contributed by atoms with Crippen LogP contribution in [-0.4, -0.2) is 48.6 Å². The predicted molar refractivity (Wildman–Crippen MR) is 550 cm³/mol. The van der Waals surface area contributed by atoms with E-state index in [0.29, 0.717) is 29.4 Å². The van der Waals surface area contributed by atoms with Gasteiger partial charge in [-0.2, -0.15) is 0 Å². The Labute approximate surface area is 769 Å².